The summed E-state index contributed by atoms with van der Waals surface area (Å²) in [6, 6.07) is 9.56. The van der Waals surface area contributed by atoms with Crippen LogP contribution in [0, 0.1) is 0 Å². The molecule has 1 amide bonds. The fourth-order valence-electron chi connectivity index (χ4n) is 2.04. The average molecular weight is 219 g/mol. The highest BCUT2D eigenvalue weighted by Gasteiger charge is 2.32. The number of rotatable bonds is 2. The van der Waals surface area contributed by atoms with Crippen molar-refractivity contribution in [1.29, 1.82) is 0 Å². The molecule has 1 aliphatic heterocycles. The van der Waals surface area contributed by atoms with Crippen LogP contribution in [0.1, 0.15) is 0 Å². The fourth-order valence-corrected chi connectivity index (χ4v) is 2.04. The van der Waals surface area contributed by atoms with Crippen molar-refractivity contribution < 1.29 is 4.79 Å². The molecule has 2 N–H and O–H groups in total. The van der Waals surface area contributed by atoms with Crippen molar-refractivity contribution in [1.82, 2.24) is 4.90 Å². The third-order valence-corrected chi connectivity index (χ3v) is 3.05. The third kappa shape index (κ3) is 1.94. The Morgan fingerprint density at radius 2 is 2.00 bits per heavy atom. The molecule has 1 aromatic carbocycles. The molecule has 0 aliphatic carbocycles. The second-order valence-electron chi connectivity index (χ2n) is 4.06. The van der Waals surface area contributed by atoms with Gasteiger partial charge in [0, 0.05) is 25.3 Å². The Hall–Kier alpha value is -1.39. The quantitative estimate of drug-likeness (QED) is 0.778. The van der Waals surface area contributed by atoms with Crippen molar-refractivity contribution in [3.05, 3.63) is 30.3 Å². The monoisotopic (exact) mass is 219 g/mol. The highest BCUT2D eigenvalue weighted by Crippen LogP contribution is 2.18. The van der Waals surface area contributed by atoms with Gasteiger partial charge >= 0.3 is 0 Å². The van der Waals surface area contributed by atoms with Gasteiger partial charge in [0.2, 0.25) is 5.91 Å². The number of amides is 1. The molecule has 0 spiro atoms. The van der Waals surface area contributed by atoms with E-state index in [1.807, 2.05) is 47.2 Å². The molecule has 1 aromatic rings. The molecule has 4 nitrogen and oxygen atoms in total. The predicted octanol–water partition coefficient (Wildman–Crippen LogP) is 0.292. The molecule has 0 aromatic heterocycles. The number of anilines is 1. The molecular weight excluding hydrogens is 202 g/mol. The summed E-state index contributed by atoms with van der Waals surface area (Å²) in [5, 5.41) is 0. The van der Waals surface area contributed by atoms with E-state index in [0.29, 0.717) is 6.54 Å². The number of para-hydroxylation sites is 1. The first-order valence-corrected chi connectivity index (χ1v) is 5.51. The third-order valence-electron chi connectivity index (χ3n) is 3.05. The van der Waals surface area contributed by atoms with Crippen molar-refractivity contribution in [3.63, 3.8) is 0 Å². The summed E-state index contributed by atoms with van der Waals surface area (Å²) >= 11 is 0. The molecule has 1 aliphatic rings. The number of nitrogens with zero attached hydrogens (tertiary/aromatic N) is 2. The van der Waals surface area contributed by atoms with Crippen molar-refractivity contribution in [3.8, 4) is 0 Å². The summed E-state index contributed by atoms with van der Waals surface area (Å²) in [6.45, 7) is 1.97. The van der Waals surface area contributed by atoms with Crippen LogP contribution < -0.4 is 10.6 Å². The largest absolute Gasteiger partial charge is 0.328 e. The Bertz CT molecular complexity index is 366. The summed E-state index contributed by atoms with van der Waals surface area (Å²) in [5.41, 5.74) is 6.59. The normalized spacial score (nSPS) is 22.5. The molecule has 1 saturated heterocycles. The highest BCUT2D eigenvalue weighted by molar-refractivity contribution is 5.98. The zero-order valence-electron chi connectivity index (χ0n) is 9.47. The molecular formula is C12H17N3O. The van der Waals surface area contributed by atoms with Gasteiger partial charge in [-0.2, -0.15) is 0 Å². The smallest absolute Gasteiger partial charge is 0.245 e. The van der Waals surface area contributed by atoms with Crippen LogP contribution >= 0.6 is 0 Å². The van der Waals surface area contributed by atoms with E-state index in [9.17, 15) is 4.79 Å². The zero-order valence-corrected chi connectivity index (χ0v) is 9.47. The first-order chi connectivity index (χ1) is 7.74. The van der Waals surface area contributed by atoms with E-state index in [1.165, 1.54) is 0 Å². The predicted molar refractivity (Wildman–Crippen MR) is 64.3 cm³/mol. The lowest BCUT2D eigenvalue weighted by Gasteiger charge is -2.38. The van der Waals surface area contributed by atoms with Crippen LogP contribution in [-0.4, -0.2) is 43.5 Å². The number of hydrogen-bond donors (Lipinski definition) is 1. The summed E-state index contributed by atoms with van der Waals surface area (Å²) in [7, 11) is 1.94. The Labute approximate surface area is 95.6 Å². The standard InChI is InChI=1S/C12H17N3O/c1-14-7-8-15(12(16)11(14)9-13)10-5-3-2-4-6-10/h2-6,11H,7-9,13H2,1H3. The van der Waals surface area contributed by atoms with E-state index >= 15 is 0 Å². The summed E-state index contributed by atoms with van der Waals surface area (Å²) < 4.78 is 0. The highest BCUT2D eigenvalue weighted by atomic mass is 16.2. The number of benzene rings is 1. The van der Waals surface area contributed by atoms with Gasteiger partial charge in [-0.1, -0.05) is 18.2 Å². The average Bonchev–Trinajstić information content (AvgIpc) is 2.31. The number of piperazine rings is 1. The van der Waals surface area contributed by atoms with Gasteiger partial charge in [0.05, 0.1) is 0 Å². The molecule has 4 heteroatoms. The molecule has 0 radical (unpaired) electrons. The van der Waals surface area contributed by atoms with Gasteiger partial charge < -0.3 is 10.6 Å². The van der Waals surface area contributed by atoms with Crippen LogP contribution in [0.4, 0.5) is 5.69 Å². The Kier molecular flexibility index (Phi) is 3.22. The lowest BCUT2D eigenvalue weighted by atomic mass is 10.1. The number of carbonyl (C=O) groups is 1. The molecule has 2 rings (SSSR count). The van der Waals surface area contributed by atoms with Crippen molar-refractivity contribution in [2.45, 2.75) is 6.04 Å². The SMILES string of the molecule is CN1CCN(c2ccccc2)C(=O)C1CN. The molecule has 0 saturated carbocycles. The minimum absolute atomic E-state index is 0.0995. The summed E-state index contributed by atoms with van der Waals surface area (Å²) in [6.07, 6.45) is 0. The number of carbonyl (C=O) groups excluding carboxylic acids is 1. The van der Waals surface area contributed by atoms with Gasteiger partial charge in [-0.25, -0.2) is 0 Å². The molecule has 16 heavy (non-hydrogen) atoms. The Balaban J connectivity index is 2.21. The Morgan fingerprint density at radius 3 is 2.62 bits per heavy atom. The Morgan fingerprint density at radius 1 is 1.31 bits per heavy atom. The minimum Gasteiger partial charge on any atom is -0.328 e. The van der Waals surface area contributed by atoms with Crippen LogP contribution in [0.25, 0.3) is 0 Å². The van der Waals surface area contributed by atoms with Gasteiger partial charge in [0.1, 0.15) is 6.04 Å². The van der Waals surface area contributed by atoms with Crippen LogP contribution in [0.15, 0.2) is 30.3 Å². The topological polar surface area (TPSA) is 49.6 Å². The van der Waals surface area contributed by atoms with E-state index in [2.05, 4.69) is 0 Å². The van der Waals surface area contributed by atoms with Crippen LogP contribution in [0.5, 0.6) is 0 Å². The maximum Gasteiger partial charge on any atom is 0.245 e. The van der Waals surface area contributed by atoms with Crippen LogP contribution in [-0.2, 0) is 4.79 Å². The van der Waals surface area contributed by atoms with Gasteiger partial charge in [-0.05, 0) is 19.2 Å². The number of nitrogens with two attached hydrogens (primary N) is 1. The van der Waals surface area contributed by atoms with E-state index in [0.717, 1.165) is 18.8 Å². The molecule has 0 bridgehead atoms. The van der Waals surface area contributed by atoms with E-state index in [-0.39, 0.29) is 11.9 Å². The second kappa shape index (κ2) is 4.63. The maximum atomic E-state index is 12.2. The van der Waals surface area contributed by atoms with Crippen molar-refractivity contribution in [2.75, 3.05) is 31.6 Å². The van der Waals surface area contributed by atoms with Gasteiger partial charge in [-0.15, -0.1) is 0 Å². The minimum atomic E-state index is -0.186. The van der Waals surface area contributed by atoms with Gasteiger partial charge in [0.25, 0.3) is 0 Å². The van der Waals surface area contributed by atoms with E-state index in [4.69, 9.17) is 5.73 Å². The van der Waals surface area contributed by atoms with E-state index in [1.54, 1.807) is 0 Å². The van der Waals surface area contributed by atoms with Crippen molar-refractivity contribution in [2.24, 2.45) is 5.73 Å². The summed E-state index contributed by atoms with van der Waals surface area (Å²) in [4.78, 5) is 16.0. The molecule has 86 valence electrons. The number of hydrogen-bond acceptors (Lipinski definition) is 3. The lowest BCUT2D eigenvalue weighted by Crippen LogP contribution is -2.58. The maximum absolute atomic E-state index is 12.2. The van der Waals surface area contributed by atoms with Crippen LogP contribution in [0.2, 0.25) is 0 Å². The first-order valence-electron chi connectivity index (χ1n) is 5.51. The first kappa shape index (κ1) is 11.1. The zero-order chi connectivity index (χ0) is 11.5. The molecule has 1 atom stereocenters. The van der Waals surface area contributed by atoms with Crippen LogP contribution in [0.3, 0.4) is 0 Å². The fraction of sp³-hybridized carbons (Fsp3) is 0.417. The van der Waals surface area contributed by atoms with Gasteiger partial charge in [-0.3, -0.25) is 9.69 Å². The molecule has 1 fully saturated rings. The van der Waals surface area contributed by atoms with Gasteiger partial charge in [0.15, 0.2) is 0 Å². The number of likely N-dealkylation sites (N-methyl/N-ethyl adjacent to an activating group) is 1. The molecule has 1 heterocycles. The van der Waals surface area contributed by atoms with E-state index < -0.39 is 0 Å². The summed E-state index contributed by atoms with van der Waals surface area (Å²) in [5.74, 6) is 0.0995. The van der Waals surface area contributed by atoms with Crippen molar-refractivity contribution >= 4 is 11.6 Å². The second-order valence-corrected chi connectivity index (χ2v) is 4.06. The lowest BCUT2D eigenvalue weighted by molar-refractivity contribution is -0.124. The molecule has 1 unspecified atom stereocenters.